The summed E-state index contributed by atoms with van der Waals surface area (Å²) in [4.78, 5) is 11.4. The lowest BCUT2D eigenvalue weighted by atomic mass is 9.95. The quantitative estimate of drug-likeness (QED) is 0.510. The number of hydrogen-bond donors (Lipinski definition) is 2. The minimum absolute atomic E-state index is 0.422. The Bertz CT molecular complexity index is 279. The monoisotopic (exact) mass is 285 g/mol. The molecule has 0 radical (unpaired) electrons. The molecule has 1 unspecified atom stereocenters. The molecule has 0 aromatic carbocycles. The molecule has 0 aromatic rings. The van der Waals surface area contributed by atoms with E-state index in [1.54, 1.807) is 6.92 Å². The fraction of sp³-hybridized carbons (Fsp3) is 0.938. The van der Waals surface area contributed by atoms with Crippen molar-refractivity contribution in [2.24, 2.45) is 0 Å². The Morgan fingerprint density at radius 2 is 1.85 bits per heavy atom. The third-order valence-electron chi connectivity index (χ3n) is 3.93. The average Bonchev–Trinajstić information content (AvgIpc) is 3.20. The molecule has 0 saturated heterocycles. The SMILES string of the molecule is CCCCCCOCCCCC(C)(NC1CC1)C(=O)O. The molecule has 0 bridgehead atoms. The van der Waals surface area contributed by atoms with Crippen molar-refractivity contribution in [3.05, 3.63) is 0 Å². The van der Waals surface area contributed by atoms with E-state index in [4.69, 9.17) is 4.74 Å². The summed E-state index contributed by atoms with van der Waals surface area (Å²) in [6.45, 7) is 5.61. The minimum Gasteiger partial charge on any atom is -0.480 e. The van der Waals surface area contributed by atoms with Gasteiger partial charge in [0.2, 0.25) is 0 Å². The highest BCUT2D eigenvalue weighted by molar-refractivity contribution is 5.78. The van der Waals surface area contributed by atoms with E-state index in [0.29, 0.717) is 12.5 Å². The second-order valence-corrected chi connectivity index (χ2v) is 6.19. The summed E-state index contributed by atoms with van der Waals surface area (Å²) in [5.74, 6) is -0.732. The van der Waals surface area contributed by atoms with E-state index in [9.17, 15) is 9.90 Å². The van der Waals surface area contributed by atoms with Gasteiger partial charge >= 0.3 is 5.97 Å². The van der Waals surface area contributed by atoms with Gasteiger partial charge in [-0.2, -0.15) is 0 Å². The van der Waals surface area contributed by atoms with Crippen molar-refractivity contribution in [3.63, 3.8) is 0 Å². The first kappa shape index (κ1) is 17.4. The van der Waals surface area contributed by atoms with Gasteiger partial charge in [-0.1, -0.05) is 26.2 Å². The lowest BCUT2D eigenvalue weighted by molar-refractivity contribution is -0.144. The van der Waals surface area contributed by atoms with Crippen molar-refractivity contribution in [1.29, 1.82) is 0 Å². The van der Waals surface area contributed by atoms with Crippen molar-refractivity contribution >= 4 is 5.97 Å². The van der Waals surface area contributed by atoms with Gasteiger partial charge in [0.15, 0.2) is 0 Å². The van der Waals surface area contributed by atoms with E-state index >= 15 is 0 Å². The first-order valence-electron chi connectivity index (χ1n) is 8.17. The van der Waals surface area contributed by atoms with Crippen molar-refractivity contribution in [2.75, 3.05) is 13.2 Å². The molecule has 1 aliphatic rings. The third-order valence-corrected chi connectivity index (χ3v) is 3.93. The zero-order valence-electron chi connectivity index (χ0n) is 13.1. The number of rotatable bonds is 13. The number of carbonyl (C=O) groups is 1. The van der Waals surface area contributed by atoms with E-state index < -0.39 is 11.5 Å². The zero-order valence-corrected chi connectivity index (χ0v) is 13.1. The van der Waals surface area contributed by atoms with Crippen molar-refractivity contribution < 1.29 is 14.6 Å². The summed E-state index contributed by atoms with van der Waals surface area (Å²) in [6, 6.07) is 0.422. The predicted octanol–water partition coefficient (Wildman–Crippen LogP) is 3.35. The van der Waals surface area contributed by atoms with Gasteiger partial charge < -0.3 is 9.84 Å². The lowest BCUT2D eigenvalue weighted by Crippen LogP contribution is -2.50. The first-order valence-corrected chi connectivity index (χ1v) is 8.17. The van der Waals surface area contributed by atoms with Gasteiger partial charge in [-0.25, -0.2) is 0 Å². The number of carboxylic acid groups (broad SMARTS) is 1. The van der Waals surface area contributed by atoms with Gasteiger partial charge in [0.05, 0.1) is 0 Å². The normalized spacial score (nSPS) is 17.9. The number of ether oxygens (including phenoxy) is 1. The van der Waals surface area contributed by atoms with Crippen molar-refractivity contribution in [1.82, 2.24) is 5.32 Å². The van der Waals surface area contributed by atoms with Gasteiger partial charge in [-0.15, -0.1) is 0 Å². The van der Waals surface area contributed by atoms with Gasteiger partial charge in [-0.3, -0.25) is 10.1 Å². The highest BCUT2D eigenvalue weighted by Crippen LogP contribution is 2.25. The lowest BCUT2D eigenvalue weighted by Gasteiger charge is -2.26. The molecule has 1 saturated carbocycles. The molecule has 4 nitrogen and oxygen atoms in total. The largest absolute Gasteiger partial charge is 0.480 e. The maximum absolute atomic E-state index is 11.4. The van der Waals surface area contributed by atoms with Gasteiger partial charge in [0.25, 0.3) is 0 Å². The smallest absolute Gasteiger partial charge is 0.323 e. The van der Waals surface area contributed by atoms with E-state index in [0.717, 1.165) is 45.3 Å². The molecular formula is C16H31NO3. The third kappa shape index (κ3) is 7.25. The van der Waals surface area contributed by atoms with Crippen molar-refractivity contribution in [3.8, 4) is 0 Å². The number of unbranched alkanes of at least 4 members (excludes halogenated alkanes) is 4. The van der Waals surface area contributed by atoms with Crippen LogP contribution in [0.25, 0.3) is 0 Å². The van der Waals surface area contributed by atoms with Crippen LogP contribution in [0.15, 0.2) is 0 Å². The fourth-order valence-electron chi connectivity index (χ4n) is 2.33. The second-order valence-electron chi connectivity index (χ2n) is 6.19. The molecule has 118 valence electrons. The van der Waals surface area contributed by atoms with E-state index in [1.165, 1.54) is 19.3 Å². The Balaban J connectivity index is 2.01. The van der Waals surface area contributed by atoms with Crippen LogP contribution in [0.5, 0.6) is 0 Å². The number of aliphatic carboxylic acids is 1. The van der Waals surface area contributed by atoms with E-state index in [2.05, 4.69) is 12.2 Å². The Kier molecular flexibility index (Phi) is 8.15. The molecular weight excluding hydrogens is 254 g/mol. The molecule has 2 N–H and O–H groups in total. The molecule has 20 heavy (non-hydrogen) atoms. The van der Waals surface area contributed by atoms with Crippen LogP contribution in [-0.2, 0) is 9.53 Å². The second kappa shape index (κ2) is 9.35. The summed E-state index contributed by atoms with van der Waals surface area (Å²) in [7, 11) is 0. The zero-order chi connectivity index (χ0) is 14.8. The van der Waals surface area contributed by atoms with E-state index in [-0.39, 0.29) is 0 Å². The maximum Gasteiger partial charge on any atom is 0.323 e. The number of nitrogens with one attached hydrogen (secondary N) is 1. The molecule has 4 heteroatoms. The van der Waals surface area contributed by atoms with Crippen LogP contribution < -0.4 is 5.32 Å². The summed E-state index contributed by atoms with van der Waals surface area (Å²) < 4.78 is 5.58. The van der Waals surface area contributed by atoms with Crippen LogP contribution in [0.4, 0.5) is 0 Å². The molecule has 1 rings (SSSR count). The van der Waals surface area contributed by atoms with Crippen LogP contribution in [0.3, 0.4) is 0 Å². The standard InChI is InChI=1S/C16H31NO3/c1-3-4-5-7-12-20-13-8-6-11-16(2,15(18)19)17-14-9-10-14/h14,17H,3-13H2,1-2H3,(H,18,19). The van der Waals surface area contributed by atoms with Crippen LogP contribution in [0.1, 0.15) is 71.6 Å². The highest BCUT2D eigenvalue weighted by atomic mass is 16.5. The molecule has 0 aliphatic heterocycles. The molecule has 0 spiro atoms. The molecule has 1 aliphatic carbocycles. The molecule has 0 heterocycles. The number of hydrogen-bond acceptors (Lipinski definition) is 3. The minimum atomic E-state index is -0.762. The fourth-order valence-corrected chi connectivity index (χ4v) is 2.33. The summed E-state index contributed by atoms with van der Waals surface area (Å²) >= 11 is 0. The molecule has 1 fully saturated rings. The predicted molar refractivity (Wildman–Crippen MR) is 81.0 cm³/mol. The first-order chi connectivity index (χ1) is 9.58. The summed E-state index contributed by atoms with van der Waals surface area (Å²) in [6.07, 6.45) is 9.68. The van der Waals surface area contributed by atoms with Crippen LogP contribution in [0.2, 0.25) is 0 Å². The van der Waals surface area contributed by atoms with Gasteiger partial charge in [0, 0.05) is 19.3 Å². The topological polar surface area (TPSA) is 58.6 Å². The molecule has 1 atom stereocenters. The molecule has 0 aromatic heterocycles. The average molecular weight is 285 g/mol. The van der Waals surface area contributed by atoms with Crippen LogP contribution in [-0.4, -0.2) is 35.9 Å². The highest BCUT2D eigenvalue weighted by Gasteiger charge is 2.37. The van der Waals surface area contributed by atoms with Crippen LogP contribution >= 0.6 is 0 Å². The molecule has 0 amide bonds. The Morgan fingerprint density at radius 1 is 1.20 bits per heavy atom. The van der Waals surface area contributed by atoms with Gasteiger partial charge in [0.1, 0.15) is 5.54 Å². The number of carboxylic acids is 1. The van der Waals surface area contributed by atoms with Crippen molar-refractivity contribution in [2.45, 2.75) is 83.2 Å². The Hall–Kier alpha value is -0.610. The summed E-state index contributed by atoms with van der Waals surface area (Å²) in [5, 5.41) is 12.6. The Labute approximate surface area is 123 Å². The Morgan fingerprint density at radius 3 is 2.40 bits per heavy atom. The summed E-state index contributed by atoms with van der Waals surface area (Å²) in [5.41, 5.74) is -0.762. The van der Waals surface area contributed by atoms with E-state index in [1.807, 2.05) is 0 Å². The maximum atomic E-state index is 11.4. The van der Waals surface area contributed by atoms with Crippen LogP contribution in [0, 0.1) is 0 Å². The van der Waals surface area contributed by atoms with Gasteiger partial charge in [-0.05, 0) is 45.4 Å².